The van der Waals surface area contributed by atoms with E-state index in [1.165, 1.54) is 0 Å². The summed E-state index contributed by atoms with van der Waals surface area (Å²) in [6, 6.07) is 9.41. The minimum absolute atomic E-state index is 0.0494. The fraction of sp³-hybridized carbons (Fsp3) is 0.611. The van der Waals surface area contributed by atoms with Gasteiger partial charge in [0.1, 0.15) is 12.2 Å². The molecule has 2 heterocycles. The molecule has 2 aliphatic rings. The standard InChI is InChI=1S/C18H26N2O4/c1-12(2)8-9-19-14-10-22-17-15(11-23-16(14)17)24-18(21)20-13-6-4-3-5-7-13/h3-7,12,14-17,19H,8-11H2,1-2H3,(H,20,21)/t14-,15+,16+,17+/m0/s1. The number of carbonyl (C=O) groups is 1. The quantitative estimate of drug-likeness (QED) is 0.836. The van der Waals surface area contributed by atoms with E-state index in [9.17, 15) is 4.79 Å². The van der Waals surface area contributed by atoms with Crippen LogP contribution in [0.5, 0.6) is 0 Å². The van der Waals surface area contributed by atoms with Gasteiger partial charge in [-0.25, -0.2) is 4.79 Å². The van der Waals surface area contributed by atoms with Gasteiger partial charge in [0, 0.05) is 5.69 Å². The first-order chi connectivity index (χ1) is 11.6. The van der Waals surface area contributed by atoms with E-state index in [0.717, 1.165) is 13.0 Å². The third-order valence-electron chi connectivity index (χ3n) is 4.41. The Morgan fingerprint density at radius 3 is 2.71 bits per heavy atom. The molecule has 2 saturated heterocycles. The smallest absolute Gasteiger partial charge is 0.412 e. The zero-order valence-electron chi connectivity index (χ0n) is 14.2. The van der Waals surface area contributed by atoms with E-state index in [1.54, 1.807) is 0 Å². The van der Waals surface area contributed by atoms with E-state index < -0.39 is 6.09 Å². The third-order valence-corrected chi connectivity index (χ3v) is 4.41. The molecule has 0 bridgehead atoms. The molecule has 132 valence electrons. The van der Waals surface area contributed by atoms with Gasteiger partial charge in [-0.1, -0.05) is 32.0 Å². The van der Waals surface area contributed by atoms with Crippen LogP contribution in [0.25, 0.3) is 0 Å². The van der Waals surface area contributed by atoms with Crippen LogP contribution in [-0.2, 0) is 14.2 Å². The molecule has 1 aromatic carbocycles. The minimum Gasteiger partial charge on any atom is -0.441 e. The van der Waals surface area contributed by atoms with E-state index in [2.05, 4.69) is 24.5 Å². The Bertz CT molecular complexity index is 537. The van der Waals surface area contributed by atoms with Gasteiger partial charge in [0.15, 0.2) is 6.10 Å². The number of fused-ring (bicyclic) bond motifs is 1. The maximum atomic E-state index is 12.0. The predicted molar refractivity (Wildman–Crippen MR) is 91.1 cm³/mol. The van der Waals surface area contributed by atoms with Crippen LogP contribution in [0.15, 0.2) is 30.3 Å². The van der Waals surface area contributed by atoms with Crippen molar-refractivity contribution in [3.05, 3.63) is 30.3 Å². The fourth-order valence-electron chi connectivity index (χ4n) is 3.10. The first-order valence-corrected chi connectivity index (χ1v) is 8.63. The molecule has 2 fully saturated rings. The first kappa shape index (κ1) is 17.2. The van der Waals surface area contributed by atoms with Crippen LogP contribution in [0.2, 0.25) is 0 Å². The average molecular weight is 334 g/mol. The predicted octanol–water partition coefficient (Wildman–Crippen LogP) is 2.41. The summed E-state index contributed by atoms with van der Waals surface area (Å²) in [6.45, 7) is 6.32. The lowest BCUT2D eigenvalue weighted by Crippen LogP contribution is -2.42. The topological polar surface area (TPSA) is 68.8 Å². The first-order valence-electron chi connectivity index (χ1n) is 8.63. The Hall–Kier alpha value is -1.63. The molecule has 6 heteroatoms. The van der Waals surface area contributed by atoms with Crippen molar-refractivity contribution in [1.29, 1.82) is 0 Å². The number of hydrogen-bond acceptors (Lipinski definition) is 5. The van der Waals surface area contributed by atoms with Gasteiger partial charge in [0.05, 0.1) is 19.3 Å². The summed E-state index contributed by atoms with van der Waals surface area (Å²) in [5.74, 6) is 0.665. The van der Waals surface area contributed by atoms with Crippen LogP contribution in [0.3, 0.4) is 0 Å². The molecule has 24 heavy (non-hydrogen) atoms. The Kier molecular flexibility index (Phi) is 5.71. The van der Waals surface area contributed by atoms with E-state index in [4.69, 9.17) is 14.2 Å². The second-order valence-electron chi connectivity index (χ2n) is 6.77. The van der Waals surface area contributed by atoms with Crippen LogP contribution in [0, 0.1) is 5.92 Å². The normalized spacial score (nSPS) is 28.8. The zero-order chi connectivity index (χ0) is 16.9. The van der Waals surface area contributed by atoms with Crippen LogP contribution in [0.4, 0.5) is 10.5 Å². The van der Waals surface area contributed by atoms with Crippen molar-refractivity contribution >= 4 is 11.8 Å². The fourth-order valence-corrected chi connectivity index (χ4v) is 3.10. The van der Waals surface area contributed by atoms with Gasteiger partial charge in [-0.3, -0.25) is 5.32 Å². The molecule has 2 aliphatic heterocycles. The second kappa shape index (κ2) is 7.96. The molecule has 0 aliphatic carbocycles. The van der Waals surface area contributed by atoms with Gasteiger partial charge in [0.25, 0.3) is 0 Å². The number of amides is 1. The largest absolute Gasteiger partial charge is 0.441 e. The lowest BCUT2D eigenvalue weighted by Gasteiger charge is -2.18. The summed E-state index contributed by atoms with van der Waals surface area (Å²) >= 11 is 0. The highest BCUT2D eigenvalue weighted by atomic mass is 16.6. The summed E-state index contributed by atoms with van der Waals surface area (Å²) in [5.41, 5.74) is 0.707. The Labute approximate surface area is 142 Å². The van der Waals surface area contributed by atoms with Crippen LogP contribution in [0.1, 0.15) is 20.3 Å². The molecule has 0 aromatic heterocycles. The maximum Gasteiger partial charge on any atom is 0.412 e. The molecule has 0 unspecified atom stereocenters. The number of para-hydroxylation sites is 1. The van der Waals surface area contributed by atoms with E-state index in [1.807, 2.05) is 30.3 Å². The second-order valence-corrected chi connectivity index (χ2v) is 6.77. The van der Waals surface area contributed by atoms with Gasteiger partial charge in [-0.2, -0.15) is 0 Å². The molecule has 3 rings (SSSR count). The van der Waals surface area contributed by atoms with E-state index >= 15 is 0 Å². The van der Waals surface area contributed by atoms with Crippen molar-refractivity contribution in [2.24, 2.45) is 5.92 Å². The van der Waals surface area contributed by atoms with Crippen molar-refractivity contribution in [2.45, 2.75) is 44.6 Å². The number of benzene rings is 1. The number of hydrogen-bond donors (Lipinski definition) is 2. The molecule has 1 aromatic rings. The Morgan fingerprint density at radius 1 is 1.21 bits per heavy atom. The van der Waals surface area contributed by atoms with Crippen molar-refractivity contribution in [2.75, 3.05) is 25.1 Å². The number of rotatable bonds is 6. The lowest BCUT2D eigenvalue weighted by atomic mass is 10.1. The molecular weight excluding hydrogens is 308 g/mol. The number of anilines is 1. The van der Waals surface area contributed by atoms with Crippen molar-refractivity contribution in [3.63, 3.8) is 0 Å². The Balaban J connectivity index is 1.46. The van der Waals surface area contributed by atoms with Crippen molar-refractivity contribution in [3.8, 4) is 0 Å². The monoisotopic (exact) mass is 334 g/mol. The van der Waals surface area contributed by atoms with Crippen molar-refractivity contribution in [1.82, 2.24) is 5.32 Å². The van der Waals surface area contributed by atoms with Gasteiger partial charge < -0.3 is 19.5 Å². The van der Waals surface area contributed by atoms with Crippen molar-refractivity contribution < 1.29 is 19.0 Å². The van der Waals surface area contributed by atoms with E-state index in [0.29, 0.717) is 24.8 Å². The van der Waals surface area contributed by atoms with Crippen LogP contribution >= 0.6 is 0 Å². The summed E-state index contributed by atoms with van der Waals surface area (Å²) in [7, 11) is 0. The molecule has 2 N–H and O–H groups in total. The highest BCUT2D eigenvalue weighted by Gasteiger charge is 2.49. The lowest BCUT2D eigenvalue weighted by molar-refractivity contribution is 0.00856. The average Bonchev–Trinajstić information content (AvgIpc) is 3.12. The highest BCUT2D eigenvalue weighted by molar-refractivity contribution is 5.84. The summed E-state index contributed by atoms with van der Waals surface area (Å²) in [4.78, 5) is 12.0. The number of carbonyl (C=O) groups excluding carboxylic acids is 1. The summed E-state index contributed by atoms with van der Waals surface area (Å²) in [6.07, 6.45) is 0.0356. The number of ether oxygens (including phenoxy) is 3. The van der Waals surface area contributed by atoms with Crippen LogP contribution < -0.4 is 10.6 Å². The van der Waals surface area contributed by atoms with E-state index in [-0.39, 0.29) is 24.4 Å². The van der Waals surface area contributed by atoms with Crippen LogP contribution in [-0.4, -0.2) is 50.2 Å². The summed E-state index contributed by atoms with van der Waals surface area (Å²) in [5, 5.41) is 6.21. The Morgan fingerprint density at radius 2 is 1.96 bits per heavy atom. The zero-order valence-corrected chi connectivity index (χ0v) is 14.2. The van der Waals surface area contributed by atoms with Gasteiger partial charge >= 0.3 is 6.09 Å². The number of nitrogens with one attached hydrogen (secondary N) is 2. The highest BCUT2D eigenvalue weighted by Crippen LogP contribution is 2.29. The third kappa shape index (κ3) is 4.26. The molecule has 1 amide bonds. The molecule has 0 saturated carbocycles. The summed E-state index contributed by atoms with van der Waals surface area (Å²) < 4.78 is 17.1. The molecule has 0 radical (unpaired) electrons. The maximum absolute atomic E-state index is 12.0. The van der Waals surface area contributed by atoms with Gasteiger partial charge in [-0.15, -0.1) is 0 Å². The molecule has 6 nitrogen and oxygen atoms in total. The molecule has 0 spiro atoms. The minimum atomic E-state index is -0.477. The molecule has 4 atom stereocenters. The SMILES string of the molecule is CC(C)CCN[C@H]1CO[C@H]2[C@@H]1OC[C@H]2OC(=O)Nc1ccccc1. The van der Waals surface area contributed by atoms with Gasteiger partial charge in [0.2, 0.25) is 0 Å². The molecular formula is C18H26N2O4. The van der Waals surface area contributed by atoms with Gasteiger partial charge in [-0.05, 0) is 31.0 Å².